The summed E-state index contributed by atoms with van der Waals surface area (Å²) < 4.78 is 24.7. The molecular weight excluding hydrogens is 431 g/mol. The number of carbonyl (C=O) groups excluding carboxylic acids is 2. The molecule has 6 nitrogen and oxygen atoms in total. The SMILES string of the molecule is COC(=O)c1ccc(NC(=O)Cc2ccc(Br)cc2F)c(NC[C@@H]2CCO2)c1. The summed E-state index contributed by atoms with van der Waals surface area (Å²) in [5, 5.41) is 5.97. The summed E-state index contributed by atoms with van der Waals surface area (Å²) in [4.78, 5) is 24.2. The third kappa shape index (κ3) is 5.08. The van der Waals surface area contributed by atoms with Crippen LogP contribution in [0.25, 0.3) is 0 Å². The Bertz CT molecular complexity index is 887. The lowest BCUT2D eigenvalue weighted by molar-refractivity contribution is -0.115. The normalized spacial score (nSPS) is 15.5. The molecule has 0 aromatic heterocycles. The van der Waals surface area contributed by atoms with Gasteiger partial charge in [-0.15, -0.1) is 0 Å². The van der Waals surface area contributed by atoms with E-state index in [0.29, 0.717) is 33.5 Å². The van der Waals surface area contributed by atoms with Gasteiger partial charge in [-0.2, -0.15) is 0 Å². The maximum atomic E-state index is 14.0. The van der Waals surface area contributed by atoms with E-state index in [4.69, 9.17) is 9.47 Å². The summed E-state index contributed by atoms with van der Waals surface area (Å²) in [6, 6.07) is 9.35. The highest BCUT2D eigenvalue weighted by atomic mass is 79.9. The molecule has 148 valence electrons. The Hall–Kier alpha value is -2.45. The van der Waals surface area contributed by atoms with E-state index in [1.807, 2.05) is 0 Å². The van der Waals surface area contributed by atoms with Crippen molar-refractivity contribution in [1.82, 2.24) is 0 Å². The van der Waals surface area contributed by atoms with E-state index in [2.05, 4.69) is 26.6 Å². The monoisotopic (exact) mass is 450 g/mol. The van der Waals surface area contributed by atoms with Gasteiger partial charge in [-0.05, 0) is 42.3 Å². The van der Waals surface area contributed by atoms with Crippen molar-refractivity contribution in [2.45, 2.75) is 18.9 Å². The van der Waals surface area contributed by atoms with Crippen LogP contribution in [0.4, 0.5) is 15.8 Å². The minimum Gasteiger partial charge on any atom is -0.465 e. The number of amides is 1. The van der Waals surface area contributed by atoms with Gasteiger partial charge in [0.15, 0.2) is 0 Å². The maximum Gasteiger partial charge on any atom is 0.337 e. The van der Waals surface area contributed by atoms with E-state index < -0.39 is 11.8 Å². The van der Waals surface area contributed by atoms with Gasteiger partial charge in [0.25, 0.3) is 0 Å². The number of benzene rings is 2. The molecule has 1 fully saturated rings. The lowest BCUT2D eigenvalue weighted by Gasteiger charge is -2.27. The quantitative estimate of drug-likeness (QED) is 0.628. The molecular formula is C20H20BrFN2O4. The number of ether oxygens (including phenoxy) is 2. The van der Waals surface area contributed by atoms with E-state index >= 15 is 0 Å². The molecule has 8 heteroatoms. The van der Waals surface area contributed by atoms with Crippen molar-refractivity contribution in [2.75, 3.05) is 30.9 Å². The number of hydrogen-bond acceptors (Lipinski definition) is 5. The second-order valence-electron chi connectivity index (χ2n) is 6.38. The molecule has 0 saturated carbocycles. The molecule has 2 aromatic carbocycles. The van der Waals surface area contributed by atoms with Gasteiger partial charge in [0, 0.05) is 17.6 Å². The number of esters is 1. The summed E-state index contributed by atoms with van der Waals surface area (Å²) >= 11 is 3.19. The first-order valence-electron chi connectivity index (χ1n) is 8.78. The molecule has 1 atom stereocenters. The minimum atomic E-state index is -0.474. The van der Waals surface area contributed by atoms with Gasteiger partial charge in [0.2, 0.25) is 5.91 Å². The lowest BCUT2D eigenvalue weighted by atomic mass is 10.1. The summed E-state index contributed by atoms with van der Waals surface area (Å²) in [5.74, 6) is -1.29. The van der Waals surface area contributed by atoms with E-state index in [1.54, 1.807) is 30.3 Å². The largest absolute Gasteiger partial charge is 0.465 e. The van der Waals surface area contributed by atoms with Crippen LogP contribution in [0.1, 0.15) is 22.3 Å². The summed E-state index contributed by atoms with van der Waals surface area (Å²) in [7, 11) is 1.31. The zero-order chi connectivity index (χ0) is 20.1. The average molecular weight is 451 g/mol. The molecule has 0 bridgehead atoms. The molecule has 28 heavy (non-hydrogen) atoms. The topological polar surface area (TPSA) is 76.7 Å². The molecule has 1 amide bonds. The molecule has 1 aliphatic rings. The molecule has 0 spiro atoms. The Morgan fingerprint density at radius 1 is 1.25 bits per heavy atom. The van der Waals surface area contributed by atoms with Gasteiger partial charge in [0.1, 0.15) is 5.82 Å². The number of carbonyl (C=O) groups is 2. The summed E-state index contributed by atoms with van der Waals surface area (Å²) in [6.45, 7) is 1.28. The number of nitrogens with one attached hydrogen (secondary N) is 2. The molecule has 0 unspecified atom stereocenters. The zero-order valence-electron chi connectivity index (χ0n) is 15.3. The fourth-order valence-corrected chi connectivity index (χ4v) is 3.08. The van der Waals surface area contributed by atoms with Gasteiger partial charge in [-0.1, -0.05) is 22.0 Å². The number of rotatable bonds is 7. The molecule has 3 rings (SSSR count). The highest BCUT2D eigenvalue weighted by Crippen LogP contribution is 2.25. The summed E-state index contributed by atoms with van der Waals surface area (Å²) in [5.41, 5.74) is 1.72. The van der Waals surface area contributed by atoms with Crippen molar-refractivity contribution >= 4 is 39.2 Å². The minimum absolute atomic E-state index is 0.0993. The number of halogens is 2. The Balaban J connectivity index is 1.74. The van der Waals surface area contributed by atoms with E-state index in [9.17, 15) is 14.0 Å². The van der Waals surface area contributed by atoms with Gasteiger partial charge < -0.3 is 20.1 Å². The van der Waals surface area contributed by atoms with Crippen LogP contribution in [-0.2, 0) is 20.7 Å². The van der Waals surface area contributed by atoms with E-state index in [-0.39, 0.29) is 18.4 Å². The second kappa shape index (κ2) is 9.16. The third-order valence-electron chi connectivity index (χ3n) is 4.39. The summed E-state index contributed by atoms with van der Waals surface area (Å²) in [6.07, 6.45) is 0.944. The maximum absolute atomic E-state index is 14.0. The van der Waals surface area contributed by atoms with Crippen molar-refractivity contribution in [2.24, 2.45) is 0 Å². The number of anilines is 2. The average Bonchev–Trinajstić information content (AvgIpc) is 2.63. The van der Waals surface area contributed by atoms with Gasteiger partial charge in [-0.3, -0.25) is 4.79 Å². The van der Waals surface area contributed by atoms with Crippen molar-refractivity contribution in [3.05, 3.63) is 57.8 Å². The van der Waals surface area contributed by atoms with Crippen LogP contribution in [0, 0.1) is 5.82 Å². The van der Waals surface area contributed by atoms with Crippen LogP contribution in [0.15, 0.2) is 40.9 Å². The van der Waals surface area contributed by atoms with Crippen molar-refractivity contribution in [1.29, 1.82) is 0 Å². The van der Waals surface area contributed by atoms with Crippen molar-refractivity contribution < 1.29 is 23.5 Å². The van der Waals surface area contributed by atoms with Crippen LogP contribution in [0.3, 0.4) is 0 Å². The first-order chi connectivity index (χ1) is 13.5. The highest BCUT2D eigenvalue weighted by molar-refractivity contribution is 9.10. The first-order valence-corrected chi connectivity index (χ1v) is 9.57. The third-order valence-corrected chi connectivity index (χ3v) is 4.89. The number of hydrogen-bond donors (Lipinski definition) is 2. The Morgan fingerprint density at radius 3 is 2.68 bits per heavy atom. The smallest absolute Gasteiger partial charge is 0.337 e. The van der Waals surface area contributed by atoms with Crippen molar-refractivity contribution in [3.8, 4) is 0 Å². The standard InChI is InChI=1S/C20H20BrFN2O4/c1-27-20(26)13-3-5-17(18(8-13)23-11-15-6-7-28-15)24-19(25)9-12-2-4-14(21)10-16(12)22/h2-5,8,10,15,23H,6-7,9,11H2,1H3,(H,24,25)/t15-/m0/s1. The molecule has 2 aromatic rings. The highest BCUT2D eigenvalue weighted by Gasteiger charge is 2.19. The fraction of sp³-hybridized carbons (Fsp3) is 0.300. The Labute approximate surface area is 170 Å². The van der Waals surface area contributed by atoms with Gasteiger partial charge >= 0.3 is 5.97 Å². The van der Waals surface area contributed by atoms with E-state index in [0.717, 1.165) is 13.0 Å². The van der Waals surface area contributed by atoms with Gasteiger partial charge in [-0.25, -0.2) is 9.18 Å². The molecule has 1 heterocycles. The Morgan fingerprint density at radius 2 is 2.04 bits per heavy atom. The van der Waals surface area contributed by atoms with Crippen LogP contribution in [0.5, 0.6) is 0 Å². The molecule has 0 radical (unpaired) electrons. The zero-order valence-corrected chi connectivity index (χ0v) is 16.8. The first kappa shape index (κ1) is 20.3. The molecule has 0 aliphatic carbocycles. The van der Waals surface area contributed by atoms with Gasteiger partial charge in [0.05, 0.1) is 36.6 Å². The second-order valence-corrected chi connectivity index (χ2v) is 7.29. The van der Waals surface area contributed by atoms with Crippen LogP contribution >= 0.6 is 15.9 Å². The predicted molar refractivity (Wildman–Crippen MR) is 107 cm³/mol. The molecule has 1 saturated heterocycles. The Kier molecular flexibility index (Phi) is 6.64. The lowest BCUT2D eigenvalue weighted by Crippen LogP contribution is -2.33. The molecule has 2 N–H and O–H groups in total. The van der Waals surface area contributed by atoms with E-state index in [1.165, 1.54) is 13.2 Å². The van der Waals surface area contributed by atoms with Crippen LogP contribution in [0.2, 0.25) is 0 Å². The predicted octanol–water partition coefficient (Wildman–Crippen LogP) is 3.76. The van der Waals surface area contributed by atoms with Crippen molar-refractivity contribution in [3.63, 3.8) is 0 Å². The fourth-order valence-electron chi connectivity index (χ4n) is 2.75. The van der Waals surface area contributed by atoms with Crippen LogP contribution in [-0.4, -0.2) is 38.2 Å². The number of methoxy groups -OCH3 is 1. The molecule has 1 aliphatic heterocycles. The van der Waals surface area contributed by atoms with Crippen LogP contribution < -0.4 is 10.6 Å².